The number of carbonyl (C=O) groups is 2. The quantitative estimate of drug-likeness (QED) is 0.416. The molecule has 35 heavy (non-hydrogen) atoms. The van der Waals surface area contributed by atoms with Crippen LogP contribution in [0.5, 0.6) is 0 Å². The second-order valence-corrected chi connectivity index (χ2v) is 11.2. The Hall–Kier alpha value is -2.98. The summed E-state index contributed by atoms with van der Waals surface area (Å²) in [7, 11) is 0. The minimum absolute atomic E-state index is 0.139. The van der Waals surface area contributed by atoms with E-state index < -0.39 is 23.5 Å². The van der Waals surface area contributed by atoms with Gasteiger partial charge in [-0.3, -0.25) is 14.3 Å². The number of hydrogen-bond acceptors (Lipinski definition) is 6. The van der Waals surface area contributed by atoms with E-state index in [4.69, 9.17) is 5.10 Å². The molecular weight excluding hydrogens is 448 g/mol. The number of amides is 2. The maximum Gasteiger partial charge on any atom is 0.315 e. The summed E-state index contributed by atoms with van der Waals surface area (Å²) >= 11 is 0. The fourth-order valence-corrected chi connectivity index (χ4v) is 7.66. The molecule has 5 fully saturated rings. The van der Waals surface area contributed by atoms with Crippen LogP contribution in [0, 0.1) is 17.8 Å². The summed E-state index contributed by atoms with van der Waals surface area (Å²) in [6.45, 7) is 0.729. The van der Waals surface area contributed by atoms with Gasteiger partial charge < -0.3 is 25.4 Å². The van der Waals surface area contributed by atoms with Gasteiger partial charge >= 0.3 is 11.8 Å². The van der Waals surface area contributed by atoms with Crippen LogP contribution in [-0.2, 0) is 9.59 Å². The third-order valence-corrected chi connectivity index (χ3v) is 8.90. The summed E-state index contributed by atoms with van der Waals surface area (Å²) in [5, 5.41) is 30.1. The predicted molar refractivity (Wildman–Crippen MR) is 127 cm³/mol. The van der Waals surface area contributed by atoms with Crippen LogP contribution in [0.2, 0.25) is 0 Å². The molecule has 10 heteroatoms. The fraction of sp³-hybridized carbons (Fsp3) is 0.600. The molecule has 4 bridgehead atoms. The zero-order valence-corrected chi connectivity index (χ0v) is 19.5. The lowest BCUT2D eigenvalue weighted by Crippen LogP contribution is -2.55. The second-order valence-electron chi connectivity index (χ2n) is 11.2. The van der Waals surface area contributed by atoms with Crippen molar-refractivity contribution >= 4 is 39.6 Å². The fourth-order valence-electron chi connectivity index (χ4n) is 7.66. The summed E-state index contributed by atoms with van der Waals surface area (Å²) < 4.78 is 2.06. The Labute approximate surface area is 201 Å². The number of nitrogens with zero attached hydrogens (tertiary/aromatic N) is 4. The average Bonchev–Trinajstić information content (AvgIpc) is 3.42. The number of pyridine rings is 1. The van der Waals surface area contributed by atoms with Crippen molar-refractivity contribution in [2.24, 2.45) is 17.8 Å². The molecule has 0 aromatic carbocycles. The van der Waals surface area contributed by atoms with E-state index in [0.29, 0.717) is 54.9 Å². The van der Waals surface area contributed by atoms with Gasteiger partial charge in [0.05, 0.1) is 28.6 Å². The Morgan fingerprint density at radius 3 is 2.57 bits per heavy atom. The first-order valence-electron chi connectivity index (χ1n) is 12.7. The van der Waals surface area contributed by atoms with Gasteiger partial charge in [0, 0.05) is 30.9 Å². The number of rotatable bonds is 2. The molecule has 0 spiro atoms. The molecule has 184 valence electrons. The minimum Gasteiger partial charge on any atom is -0.393 e. The smallest absolute Gasteiger partial charge is 0.315 e. The number of aromatic amines is 1. The number of H-pyrrole nitrogens is 1. The average molecular weight is 479 g/mol. The van der Waals surface area contributed by atoms with Gasteiger partial charge in [0.1, 0.15) is 5.65 Å². The van der Waals surface area contributed by atoms with Gasteiger partial charge in [0.2, 0.25) is 0 Å². The number of fused-ring (bicyclic) bond motifs is 3. The SMILES string of the molecule is O=C(Nc1nn([C@H]2[C@@H]3CC4C[C@H]2C[C@@](O)(C4)C3)c2c1cnc1[nH]ccc12)C(=O)N1CCC(O)CC1. The van der Waals surface area contributed by atoms with Crippen molar-refractivity contribution in [3.8, 4) is 0 Å². The van der Waals surface area contributed by atoms with E-state index in [1.165, 1.54) is 4.90 Å². The van der Waals surface area contributed by atoms with Gasteiger partial charge in [-0.05, 0) is 68.8 Å². The third kappa shape index (κ3) is 3.30. The van der Waals surface area contributed by atoms with E-state index in [1.807, 2.05) is 12.3 Å². The van der Waals surface area contributed by atoms with Gasteiger partial charge in [0.15, 0.2) is 5.82 Å². The monoisotopic (exact) mass is 478 g/mol. The molecule has 2 amide bonds. The van der Waals surface area contributed by atoms with E-state index in [-0.39, 0.29) is 6.04 Å². The number of hydrogen-bond donors (Lipinski definition) is 4. The number of piperidine rings is 1. The molecule has 8 rings (SSSR count). The summed E-state index contributed by atoms with van der Waals surface area (Å²) in [6.07, 6.45) is 8.75. The van der Waals surface area contributed by atoms with Crippen molar-refractivity contribution in [2.75, 3.05) is 18.4 Å². The maximum absolute atomic E-state index is 12.9. The molecule has 5 atom stereocenters. The van der Waals surface area contributed by atoms with Gasteiger partial charge in [-0.2, -0.15) is 5.10 Å². The number of aliphatic hydroxyl groups is 2. The van der Waals surface area contributed by atoms with Crippen molar-refractivity contribution in [2.45, 2.75) is 62.7 Å². The van der Waals surface area contributed by atoms with E-state index in [1.54, 1.807) is 6.20 Å². The highest BCUT2D eigenvalue weighted by atomic mass is 16.3. The first kappa shape index (κ1) is 21.3. The normalized spacial score (nSPS) is 32.6. The Kier molecular flexibility index (Phi) is 4.57. The molecule has 1 saturated heterocycles. The molecular formula is C25H30N6O4. The molecule has 5 aliphatic rings. The van der Waals surface area contributed by atoms with Crippen LogP contribution < -0.4 is 5.32 Å². The number of aromatic nitrogens is 4. The topological polar surface area (TPSA) is 136 Å². The molecule has 0 radical (unpaired) electrons. The zero-order valence-electron chi connectivity index (χ0n) is 19.5. The lowest BCUT2D eigenvalue weighted by Gasteiger charge is -2.57. The van der Waals surface area contributed by atoms with E-state index in [0.717, 1.165) is 48.7 Å². The van der Waals surface area contributed by atoms with Gasteiger partial charge in [0.25, 0.3) is 0 Å². The highest BCUT2D eigenvalue weighted by Crippen LogP contribution is 2.60. The first-order valence-corrected chi connectivity index (χ1v) is 12.7. The Balaban J connectivity index is 1.27. The molecule has 4 saturated carbocycles. The highest BCUT2D eigenvalue weighted by molar-refractivity contribution is 6.40. The standard InChI is InChI=1S/C25H30N6O4/c32-16-2-5-30(6-3-16)24(34)23(33)28-22-18-12-27-21-17(1-4-26-21)20(18)31(29-22)19-14-7-13-8-15(19)11-25(35,9-13)10-14/h1,4,12-16,19,32,35H,2-3,5-11H2,(H,26,27)(H,28,29,33)/t13?,14-,15+,19+,25-. The van der Waals surface area contributed by atoms with Crippen LogP contribution in [0.4, 0.5) is 5.82 Å². The van der Waals surface area contributed by atoms with E-state index >= 15 is 0 Å². The molecule has 1 unspecified atom stereocenters. The number of likely N-dealkylation sites (tertiary alicyclic amines) is 1. The van der Waals surface area contributed by atoms with Crippen LogP contribution in [-0.4, -0.2) is 71.5 Å². The number of nitrogens with one attached hydrogen (secondary N) is 2. The van der Waals surface area contributed by atoms with E-state index in [2.05, 4.69) is 20.0 Å². The van der Waals surface area contributed by atoms with Crippen molar-refractivity contribution < 1.29 is 19.8 Å². The highest BCUT2D eigenvalue weighted by Gasteiger charge is 2.56. The summed E-state index contributed by atoms with van der Waals surface area (Å²) in [5.74, 6) is 0.263. The summed E-state index contributed by atoms with van der Waals surface area (Å²) in [5.41, 5.74) is 1.11. The molecule has 4 heterocycles. The Bertz CT molecular complexity index is 1320. The largest absolute Gasteiger partial charge is 0.393 e. The summed E-state index contributed by atoms with van der Waals surface area (Å²) in [6, 6.07) is 2.11. The van der Waals surface area contributed by atoms with Crippen molar-refractivity contribution in [1.29, 1.82) is 0 Å². The number of carbonyl (C=O) groups excluding carboxylic acids is 2. The first-order chi connectivity index (χ1) is 16.9. The minimum atomic E-state index is -0.721. The van der Waals surface area contributed by atoms with E-state index in [9.17, 15) is 19.8 Å². The van der Waals surface area contributed by atoms with Crippen LogP contribution in [0.25, 0.3) is 21.9 Å². The lowest BCUT2D eigenvalue weighted by molar-refractivity contribution is -0.148. The number of anilines is 1. The van der Waals surface area contributed by atoms with Crippen molar-refractivity contribution in [3.63, 3.8) is 0 Å². The zero-order chi connectivity index (χ0) is 23.9. The number of aliphatic hydroxyl groups excluding tert-OH is 1. The second kappa shape index (κ2) is 7.51. The third-order valence-electron chi connectivity index (χ3n) is 8.90. The lowest BCUT2D eigenvalue weighted by atomic mass is 9.52. The van der Waals surface area contributed by atoms with Crippen LogP contribution in [0.1, 0.15) is 51.0 Å². The van der Waals surface area contributed by atoms with Crippen LogP contribution >= 0.6 is 0 Å². The van der Waals surface area contributed by atoms with Gasteiger partial charge in [-0.1, -0.05) is 0 Å². The predicted octanol–water partition coefficient (Wildman–Crippen LogP) is 1.95. The summed E-state index contributed by atoms with van der Waals surface area (Å²) in [4.78, 5) is 34.9. The molecule has 1 aliphatic heterocycles. The van der Waals surface area contributed by atoms with Gasteiger partial charge in [-0.25, -0.2) is 4.98 Å². The Morgan fingerprint density at radius 1 is 1.11 bits per heavy atom. The molecule has 10 nitrogen and oxygen atoms in total. The van der Waals surface area contributed by atoms with Gasteiger partial charge in [-0.15, -0.1) is 0 Å². The molecule has 4 aliphatic carbocycles. The van der Waals surface area contributed by atoms with Crippen LogP contribution in [0.3, 0.4) is 0 Å². The molecule has 3 aromatic heterocycles. The van der Waals surface area contributed by atoms with Crippen molar-refractivity contribution in [3.05, 3.63) is 18.5 Å². The maximum atomic E-state index is 12.9. The van der Waals surface area contributed by atoms with Crippen LogP contribution in [0.15, 0.2) is 18.5 Å². The Morgan fingerprint density at radius 2 is 1.86 bits per heavy atom. The van der Waals surface area contributed by atoms with Crippen molar-refractivity contribution in [1.82, 2.24) is 24.6 Å². The molecule has 3 aromatic rings. The molecule has 4 N–H and O–H groups in total.